The van der Waals surface area contributed by atoms with Gasteiger partial charge in [0.25, 0.3) is 0 Å². The molecule has 7 heteroatoms. The van der Waals surface area contributed by atoms with E-state index in [2.05, 4.69) is 26.6 Å². The zero-order chi connectivity index (χ0) is 15.7. The summed E-state index contributed by atoms with van der Waals surface area (Å²) in [7, 11) is 0. The number of nitrogens with one attached hydrogen (secondary N) is 2. The maximum absolute atomic E-state index is 13.3. The van der Waals surface area contributed by atoms with Gasteiger partial charge in [0.15, 0.2) is 5.41 Å². The summed E-state index contributed by atoms with van der Waals surface area (Å²) in [5.74, 6) is -0.965. The third-order valence-electron chi connectivity index (χ3n) is 3.83. The molecule has 1 heterocycles. The normalized spacial score (nSPS) is 23.9. The lowest BCUT2D eigenvalue weighted by Crippen LogP contribution is -2.52. The van der Waals surface area contributed by atoms with E-state index in [0.29, 0.717) is 0 Å². The van der Waals surface area contributed by atoms with Crippen molar-refractivity contribution in [1.82, 2.24) is 10.6 Å². The SMILES string of the molecule is CC(NC(=O)C1(C(F)(F)F)CCNC1)c1cccc(Br)c1. The quantitative estimate of drug-likeness (QED) is 0.864. The lowest BCUT2D eigenvalue weighted by molar-refractivity contribution is -0.216. The van der Waals surface area contributed by atoms with Gasteiger partial charge in [-0.2, -0.15) is 13.2 Å². The van der Waals surface area contributed by atoms with Crippen molar-refractivity contribution in [2.45, 2.75) is 25.6 Å². The molecule has 0 aliphatic carbocycles. The second-order valence-electron chi connectivity index (χ2n) is 5.26. The number of amides is 1. The molecular weight excluding hydrogens is 349 g/mol. The predicted octanol–water partition coefficient (Wildman–Crippen LogP) is 3.17. The Kier molecular flexibility index (Phi) is 4.63. The van der Waals surface area contributed by atoms with E-state index in [-0.39, 0.29) is 19.5 Å². The lowest BCUT2D eigenvalue weighted by Gasteiger charge is -2.31. The van der Waals surface area contributed by atoms with Crippen LogP contribution in [-0.2, 0) is 4.79 Å². The molecule has 1 aliphatic rings. The first-order valence-electron chi connectivity index (χ1n) is 6.60. The maximum Gasteiger partial charge on any atom is 0.404 e. The van der Waals surface area contributed by atoms with Crippen molar-refractivity contribution in [3.63, 3.8) is 0 Å². The second-order valence-corrected chi connectivity index (χ2v) is 6.17. The zero-order valence-corrected chi connectivity index (χ0v) is 13.0. The van der Waals surface area contributed by atoms with Crippen LogP contribution in [0.3, 0.4) is 0 Å². The van der Waals surface area contributed by atoms with E-state index in [0.717, 1.165) is 10.0 Å². The van der Waals surface area contributed by atoms with Crippen molar-refractivity contribution in [3.8, 4) is 0 Å². The van der Waals surface area contributed by atoms with E-state index in [1.54, 1.807) is 25.1 Å². The average Bonchev–Trinajstić information content (AvgIpc) is 2.88. The molecule has 2 N–H and O–H groups in total. The van der Waals surface area contributed by atoms with Crippen LogP contribution in [0.1, 0.15) is 24.9 Å². The summed E-state index contributed by atoms with van der Waals surface area (Å²) in [5.41, 5.74) is -1.58. The van der Waals surface area contributed by atoms with E-state index in [4.69, 9.17) is 0 Å². The highest BCUT2D eigenvalue weighted by Crippen LogP contribution is 2.43. The molecule has 2 rings (SSSR count). The summed E-state index contributed by atoms with van der Waals surface area (Å²) in [5, 5.41) is 5.13. The van der Waals surface area contributed by atoms with Crippen molar-refractivity contribution in [3.05, 3.63) is 34.3 Å². The average molecular weight is 365 g/mol. The molecule has 3 nitrogen and oxygen atoms in total. The van der Waals surface area contributed by atoms with Crippen LogP contribution in [0.5, 0.6) is 0 Å². The fraction of sp³-hybridized carbons (Fsp3) is 0.500. The third-order valence-corrected chi connectivity index (χ3v) is 4.32. The summed E-state index contributed by atoms with van der Waals surface area (Å²) in [6, 6.07) is 6.64. The number of hydrogen-bond donors (Lipinski definition) is 2. The van der Waals surface area contributed by atoms with Crippen molar-refractivity contribution in [1.29, 1.82) is 0 Å². The van der Waals surface area contributed by atoms with Crippen LogP contribution in [0.2, 0.25) is 0 Å². The standard InChI is InChI=1S/C14H16BrF3N2O/c1-9(10-3-2-4-11(15)7-10)20-12(21)13(14(16,17)18)5-6-19-8-13/h2-4,7,9,19H,5-6,8H2,1H3,(H,20,21). The monoisotopic (exact) mass is 364 g/mol. The van der Waals surface area contributed by atoms with Crippen molar-refractivity contribution >= 4 is 21.8 Å². The Balaban J connectivity index is 2.16. The number of benzene rings is 1. The number of halogens is 4. The highest BCUT2D eigenvalue weighted by atomic mass is 79.9. The van der Waals surface area contributed by atoms with Crippen LogP contribution in [0.4, 0.5) is 13.2 Å². The Morgan fingerprint density at radius 1 is 1.48 bits per heavy atom. The molecule has 1 aromatic carbocycles. The Morgan fingerprint density at radius 2 is 2.19 bits per heavy atom. The Bertz CT molecular complexity index is 527. The molecule has 1 aliphatic heterocycles. The first kappa shape index (κ1) is 16.3. The summed E-state index contributed by atoms with van der Waals surface area (Å²) in [6.07, 6.45) is -4.79. The molecule has 0 saturated carbocycles. The van der Waals surface area contributed by atoms with E-state index in [9.17, 15) is 18.0 Å². The second kappa shape index (κ2) is 5.96. The van der Waals surface area contributed by atoms with E-state index < -0.39 is 23.5 Å². The molecule has 2 atom stereocenters. The van der Waals surface area contributed by atoms with Gasteiger partial charge in [-0.1, -0.05) is 28.1 Å². The van der Waals surface area contributed by atoms with Gasteiger partial charge in [0, 0.05) is 11.0 Å². The van der Waals surface area contributed by atoms with Crippen LogP contribution in [-0.4, -0.2) is 25.2 Å². The molecule has 0 spiro atoms. The fourth-order valence-electron chi connectivity index (χ4n) is 2.45. The van der Waals surface area contributed by atoms with E-state index in [1.807, 2.05) is 6.07 Å². The smallest absolute Gasteiger partial charge is 0.349 e. The van der Waals surface area contributed by atoms with Crippen LogP contribution in [0.25, 0.3) is 0 Å². The molecular formula is C14H16BrF3N2O. The van der Waals surface area contributed by atoms with Gasteiger partial charge < -0.3 is 10.6 Å². The number of carbonyl (C=O) groups excluding carboxylic acids is 1. The fourth-order valence-corrected chi connectivity index (χ4v) is 2.87. The lowest BCUT2D eigenvalue weighted by atomic mass is 9.84. The minimum Gasteiger partial charge on any atom is -0.349 e. The van der Waals surface area contributed by atoms with Crippen molar-refractivity contribution in [2.24, 2.45) is 5.41 Å². The van der Waals surface area contributed by atoms with Gasteiger partial charge in [0.1, 0.15) is 0 Å². The van der Waals surface area contributed by atoms with Crippen LogP contribution < -0.4 is 10.6 Å². The van der Waals surface area contributed by atoms with Gasteiger partial charge in [0.05, 0.1) is 6.04 Å². The summed E-state index contributed by atoms with van der Waals surface area (Å²) in [6.45, 7) is 1.50. The number of rotatable bonds is 3. The number of carbonyl (C=O) groups is 1. The van der Waals surface area contributed by atoms with Gasteiger partial charge in [-0.15, -0.1) is 0 Å². The predicted molar refractivity (Wildman–Crippen MR) is 76.7 cm³/mol. The van der Waals surface area contributed by atoms with Gasteiger partial charge >= 0.3 is 6.18 Å². The molecule has 2 unspecified atom stereocenters. The highest BCUT2D eigenvalue weighted by Gasteiger charge is 2.61. The molecule has 1 saturated heterocycles. The first-order valence-corrected chi connectivity index (χ1v) is 7.39. The molecule has 0 bridgehead atoms. The van der Waals surface area contributed by atoms with Crippen LogP contribution in [0.15, 0.2) is 28.7 Å². The third kappa shape index (κ3) is 3.23. The topological polar surface area (TPSA) is 41.1 Å². The largest absolute Gasteiger partial charge is 0.404 e. The van der Waals surface area contributed by atoms with Gasteiger partial charge in [-0.25, -0.2) is 0 Å². The summed E-state index contributed by atoms with van der Waals surface area (Å²) < 4.78 is 40.6. The summed E-state index contributed by atoms with van der Waals surface area (Å²) >= 11 is 3.30. The van der Waals surface area contributed by atoms with Gasteiger partial charge in [-0.3, -0.25) is 4.79 Å². The summed E-state index contributed by atoms with van der Waals surface area (Å²) in [4.78, 5) is 12.2. The Labute approximate surface area is 129 Å². The van der Waals surface area contributed by atoms with Gasteiger partial charge in [0.2, 0.25) is 5.91 Å². The van der Waals surface area contributed by atoms with Crippen LogP contribution in [0, 0.1) is 5.41 Å². The van der Waals surface area contributed by atoms with Crippen molar-refractivity contribution < 1.29 is 18.0 Å². The van der Waals surface area contributed by atoms with Crippen molar-refractivity contribution in [2.75, 3.05) is 13.1 Å². The molecule has 0 aromatic heterocycles. The minimum absolute atomic E-state index is 0.193. The number of alkyl halides is 3. The first-order chi connectivity index (χ1) is 9.76. The van der Waals surface area contributed by atoms with Gasteiger partial charge in [-0.05, 0) is 37.6 Å². The Hall–Kier alpha value is -1.08. The molecule has 1 amide bonds. The molecule has 0 radical (unpaired) electrons. The molecule has 116 valence electrons. The highest BCUT2D eigenvalue weighted by molar-refractivity contribution is 9.10. The van der Waals surface area contributed by atoms with Crippen LogP contribution >= 0.6 is 15.9 Å². The molecule has 1 fully saturated rings. The molecule has 21 heavy (non-hydrogen) atoms. The minimum atomic E-state index is -4.56. The van der Waals surface area contributed by atoms with E-state index in [1.165, 1.54) is 0 Å². The van der Waals surface area contributed by atoms with E-state index >= 15 is 0 Å². The zero-order valence-electron chi connectivity index (χ0n) is 11.4. The maximum atomic E-state index is 13.3. The Morgan fingerprint density at radius 3 is 2.71 bits per heavy atom. The number of hydrogen-bond acceptors (Lipinski definition) is 2. The molecule has 1 aromatic rings.